The monoisotopic (exact) mass is 522 g/mol. The second-order valence-corrected chi connectivity index (χ2v) is 9.72. The molecule has 8 nitrogen and oxygen atoms in total. The van der Waals surface area contributed by atoms with E-state index < -0.39 is 24.0 Å². The minimum Gasteiger partial charge on any atom is -0.493 e. The van der Waals surface area contributed by atoms with Crippen molar-refractivity contribution in [2.45, 2.75) is 37.9 Å². The number of likely N-dealkylation sites (tertiary alicyclic amines) is 1. The number of carboxylic acids is 1. The molecule has 0 bridgehead atoms. The van der Waals surface area contributed by atoms with Crippen LogP contribution in [-0.2, 0) is 14.3 Å². The van der Waals surface area contributed by atoms with Gasteiger partial charge in [0, 0.05) is 36.8 Å². The van der Waals surface area contributed by atoms with Crippen LogP contribution in [0.4, 0.5) is 4.39 Å². The lowest BCUT2D eigenvalue weighted by Crippen LogP contribution is -2.39. The summed E-state index contributed by atoms with van der Waals surface area (Å²) in [5.41, 5.74) is 2.82. The Morgan fingerprint density at radius 1 is 1.03 bits per heavy atom. The first-order chi connectivity index (χ1) is 18.4. The maximum absolute atomic E-state index is 14.6. The maximum atomic E-state index is 14.6. The molecule has 1 amide bonds. The summed E-state index contributed by atoms with van der Waals surface area (Å²) >= 11 is 0. The number of fused-ring (bicyclic) bond motifs is 3. The summed E-state index contributed by atoms with van der Waals surface area (Å²) in [5, 5.41) is 9.10. The minimum absolute atomic E-state index is 0.0648. The number of carboxylic acid groups (broad SMARTS) is 1. The summed E-state index contributed by atoms with van der Waals surface area (Å²) in [7, 11) is 3.10. The highest BCUT2D eigenvalue weighted by molar-refractivity contribution is 5.77. The van der Waals surface area contributed by atoms with E-state index in [9.17, 15) is 14.0 Å². The summed E-state index contributed by atoms with van der Waals surface area (Å²) in [6.45, 7) is 1.03. The molecule has 2 atom stereocenters. The number of carbonyl (C=O) groups excluding carboxylic acids is 1. The smallest absolute Gasteiger partial charge is 0.303 e. The molecule has 0 radical (unpaired) electrons. The van der Waals surface area contributed by atoms with Gasteiger partial charge in [-0.05, 0) is 55.2 Å². The molecule has 3 aromatic rings. The van der Waals surface area contributed by atoms with E-state index in [4.69, 9.17) is 19.3 Å². The van der Waals surface area contributed by atoms with Crippen LogP contribution in [0.15, 0.2) is 54.7 Å². The highest BCUT2D eigenvalue weighted by Gasteiger charge is 2.35. The summed E-state index contributed by atoms with van der Waals surface area (Å²) in [4.78, 5) is 26.3. The highest BCUT2D eigenvalue weighted by Crippen LogP contribution is 2.46. The fraction of sp³-hybridized carbons (Fsp3) is 0.379. The van der Waals surface area contributed by atoms with Crippen LogP contribution >= 0.6 is 0 Å². The van der Waals surface area contributed by atoms with Gasteiger partial charge in [-0.3, -0.25) is 9.59 Å². The number of aliphatic carboxylic acids is 1. The van der Waals surface area contributed by atoms with Crippen molar-refractivity contribution >= 4 is 11.9 Å². The third kappa shape index (κ3) is 4.98. The van der Waals surface area contributed by atoms with E-state index in [2.05, 4.69) is 0 Å². The quantitative estimate of drug-likeness (QED) is 0.475. The standard InChI is InChI=1S/C29H31FN2O6/c1-36-24-7-3-5-20(29(24)37-2)28-21-16-19(30)8-9-22(21)32-12-4-6-23(32)25(38-28)17-26(33)31-13-10-18(11-14-31)15-27(34)35/h3-9,12,16,18,25,28H,10-11,13-15,17H2,1-2H3,(H,34,35)/t25-,28-/m1/s1. The summed E-state index contributed by atoms with van der Waals surface area (Å²) < 4.78 is 34.4. The van der Waals surface area contributed by atoms with Gasteiger partial charge in [-0.25, -0.2) is 4.39 Å². The first-order valence-electron chi connectivity index (χ1n) is 12.7. The Morgan fingerprint density at radius 2 is 1.82 bits per heavy atom. The van der Waals surface area contributed by atoms with Gasteiger partial charge in [-0.1, -0.05) is 12.1 Å². The number of nitrogens with zero attached hydrogens (tertiary/aromatic N) is 2. The number of hydrogen-bond acceptors (Lipinski definition) is 5. The first-order valence-corrected chi connectivity index (χ1v) is 12.7. The second-order valence-electron chi connectivity index (χ2n) is 9.72. The molecule has 0 saturated carbocycles. The second kappa shape index (κ2) is 10.9. The van der Waals surface area contributed by atoms with Crippen LogP contribution in [0, 0.1) is 11.7 Å². The van der Waals surface area contributed by atoms with Crippen molar-refractivity contribution in [3.05, 3.63) is 77.4 Å². The molecule has 2 aromatic carbocycles. The average Bonchev–Trinajstić information content (AvgIpc) is 3.36. The Labute approximate surface area is 220 Å². The first kappa shape index (κ1) is 25.8. The number of methoxy groups -OCH3 is 2. The Kier molecular flexibility index (Phi) is 7.37. The number of piperidine rings is 1. The molecule has 5 rings (SSSR count). The SMILES string of the molecule is COc1cccc([C@H]2O[C@H](CC(=O)N3CCC(CC(=O)O)CC3)c3cccn3-c3ccc(F)cc32)c1OC. The fourth-order valence-corrected chi connectivity index (χ4v) is 5.57. The average molecular weight is 523 g/mol. The normalized spacial score (nSPS) is 19.3. The molecule has 0 spiro atoms. The van der Waals surface area contributed by atoms with Crippen LogP contribution in [0.3, 0.4) is 0 Å². The van der Waals surface area contributed by atoms with Crippen LogP contribution in [0.25, 0.3) is 5.69 Å². The van der Waals surface area contributed by atoms with Crippen LogP contribution in [-0.4, -0.2) is 53.8 Å². The lowest BCUT2D eigenvalue weighted by Gasteiger charge is -2.33. The number of aromatic nitrogens is 1. The number of amides is 1. The number of para-hydroxylation sites is 1. The molecule has 1 aromatic heterocycles. The zero-order chi connectivity index (χ0) is 26.8. The van der Waals surface area contributed by atoms with E-state index in [1.165, 1.54) is 12.1 Å². The molecule has 3 heterocycles. The number of rotatable bonds is 7. The van der Waals surface area contributed by atoms with E-state index in [-0.39, 0.29) is 24.7 Å². The highest BCUT2D eigenvalue weighted by atomic mass is 19.1. The van der Waals surface area contributed by atoms with Crippen molar-refractivity contribution in [3.63, 3.8) is 0 Å². The summed E-state index contributed by atoms with van der Waals surface area (Å²) in [6.07, 6.45) is 2.07. The van der Waals surface area contributed by atoms with Crippen LogP contribution in [0.1, 0.15) is 54.7 Å². The predicted molar refractivity (Wildman–Crippen MR) is 137 cm³/mol. The Bertz CT molecular complexity index is 1330. The molecule has 1 saturated heterocycles. The van der Waals surface area contributed by atoms with Crippen molar-refractivity contribution in [2.75, 3.05) is 27.3 Å². The number of benzene rings is 2. The van der Waals surface area contributed by atoms with Crippen molar-refractivity contribution in [1.29, 1.82) is 0 Å². The third-order valence-electron chi connectivity index (χ3n) is 7.45. The molecule has 2 aliphatic rings. The third-order valence-corrected chi connectivity index (χ3v) is 7.45. The topological polar surface area (TPSA) is 90.2 Å². The molecule has 1 N–H and O–H groups in total. The zero-order valence-electron chi connectivity index (χ0n) is 21.4. The van der Waals surface area contributed by atoms with Gasteiger partial charge in [-0.15, -0.1) is 0 Å². The largest absolute Gasteiger partial charge is 0.493 e. The van der Waals surface area contributed by atoms with E-state index in [1.807, 2.05) is 35.0 Å². The van der Waals surface area contributed by atoms with Crippen LogP contribution in [0.5, 0.6) is 11.5 Å². The molecule has 1 fully saturated rings. The van der Waals surface area contributed by atoms with Gasteiger partial charge >= 0.3 is 5.97 Å². The van der Waals surface area contributed by atoms with Gasteiger partial charge in [-0.2, -0.15) is 0 Å². The van der Waals surface area contributed by atoms with Crippen molar-refractivity contribution in [3.8, 4) is 17.2 Å². The van der Waals surface area contributed by atoms with Gasteiger partial charge in [0.1, 0.15) is 18.0 Å². The summed E-state index contributed by atoms with van der Waals surface area (Å²) in [6, 6.07) is 13.8. The van der Waals surface area contributed by atoms with E-state index in [0.717, 1.165) is 11.4 Å². The van der Waals surface area contributed by atoms with Gasteiger partial charge in [0.15, 0.2) is 11.5 Å². The van der Waals surface area contributed by atoms with Crippen LogP contribution < -0.4 is 9.47 Å². The van der Waals surface area contributed by atoms with Gasteiger partial charge in [0.25, 0.3) is 0 Å². The van der Waals surface area contributed by atoms with E-state index in [0.29, 0.717) is 48.6 Å². The fourth-order valence-electron chi connectivity index (χ4n) is 5.57. The predicted octanol–water partition coefficient (Wildman–Crippen LogP) is 4.90. The Hall–Kier alpha value is -3.85. The Morgan fingerprint density at radius 3 is 2.53 bits per heavy atom. The minimum atomic E-state index is -0.808. The van der Waals surface area contributed by atoms with Gasteiger partial charge in [0.2, 0.25) is 5.91 Å². The molecular weight excluding hydrogens is 491 g/mol. The Balaban J connectivity index is 1.49. The van der Waals surface area contributed by atoms with Gasteiger partial charge < -0.3 is 28.8 Å². The van der Waals surface area contributed by atoms with Crippen molar-refractivity contribution in [2.24, 2.45) is 5.92 Å². The van der Waals surface area contributed by atoms with Gasteiger partial charge in [0.05, 0.1) is 32.0 Å². The molecular formula is C29H31FN2O6. The molecule has 2 aliphatic heterocycles. The summed E-state index contributed by atoms with van der Waals surface area (Å²) in [5.74, 6) is -0.189. The van der Waals surface area contributed by atoms with E-state index >= 15 is 0 Å². The van der Waals surface area contributed by atoms with Crippen molar-refractivity contribution in [1.82, 2.24) is 9.47 Å². The molecule has 0 aliphatic carbocycles. The molecule has 0 unspecified atom stereocenters. The van der Waals surface area contributed by atoms with Crippen LogP contribution in [0.2, 0.25) is 0 Å². The van der Waals surface area contributed by atoms with E-state index in [1.54, 1.807) is 31.3 Å². The van der Waals surface area contributed by atoms with Crippen molar-refractivity contribution < 1.29 is 33.3 Å². The number of ether oxygens (including phenoxy) is 3. The number of carbonyl (C=O) groups is 2. The lowest BCUT2D eigenvalue weighted by molar-refractivity contribution is -0.139. The maximum Gasteiger partial charge on any atom is 0.303 e. The number of hydrogen-bond donors (Lipinski definition) is 1. The zero-order valence-corrected chi connectivity index (χ0v) is 21.4. The molecule has 38 heavy (non-hydrogen) atoms. The lowest BCUT2D eigenvalue weighted by atomic mass is 9.93. The molecule has 200 valence electrons. The molecule has 9 heteroatoms. The number of halogens is 1.